The van der Waals surface area contributed by atoms with Crippen molar-refractivity contribution in [1.82, 2.24) is 0 Å². The summed E-state index contributed by atoms with van der Waals surface area (Å²) < 4.78 is 16.1. The Labute approximate surface area is 201 Å². The molecule has 2 aliphatic carbocycles. The van der Waals surface area contributed by atoms with Crippen LogP contribution in [0.3, 0.4) is 0 Å². The summed E-state index contributed by atoms with van der Waals surface area (Å²) in [5.74, 6) is -2.67. The maximum atomic E-state index is 13.6. The van der Waals surface area contributed by atoms with E-state index in [9.17, 15) is 24.3 Å². The van der Waals surface area contributed by atoms with Crippen LogP contribution < -0.4 is 0 Å². The lowest BCUT2D eigenvalue weighted by Crippen LogP contribution is -2.62. The van der Waals surface area contributed by atoms with Gasteiger partial charge in [0.15, 0.2) is 11.9 Å². The first-order valence-corrected chi connectivity index (χ1v) is 11.7. The first-order chi connectivity index (χ1) is 15.6. The maximum absolute atomic E-state index is 13.6. The van der Waals surface area contributed by atoms with Gasteiger partial charge in [0.25, 0.3) is 0 Å². The van der Waals surface area contributed by atoms with E-state index in [4.69, 9.17) is 14.2 Å². The number of aliphatic hydroxyl groups excluding tert-OH is 1. The molecule has 0 saturated heterocycles. The fourth-order valence-corrected chi connectivity index (χ4v) is 5.90. The third-order valence-electron chi connectivity index (χ3n) is 7.58. The Bertz CT molecular complexity index is 885. The first kappa shape index (κ1) is 27.8. The number of ether oxygens (including phenoxy) is 3. The Morgan fingerprint density at radius 1 is 1.12 bits per heavy atom. The number of carbonyl (C=O) groups excluding carboxylic acids is 4. The molecule has 0 aromatic heterocycles. The lowest BCUT2D eigenvalue weighted by atomic mass is 9.45. The van der Waals surface area contributed by atoms with Crippen LogP contribution in [0, 0.1) is 22.7 Å². The fourth-order valence-electron chi connectivity index (χ4n) is 5.90. The van der Waals surface area contributed by atoms with Gasteiger partial charge in [-0.2, -0.15) is 0 Å². The zero-order valence-electron chi connectivity index (χ0n) is 21.3. The van der Waals surface area contributed by atoms with Crippen molar-refractivity contribution in [1.29, 1.82) is 0 Å². The van der Waals surface area contributed by atoms with E-state index in [0.29, 0.717) is 30.4 Å². The van der Waals surface area contributed by atoms with Gasteiger partial charge in [-0.15, -0.1) is 0 Å². The molecule has 0 aliphatic heterocycles. The van der Waals surface area contributed by atoms with E-state index in [1.807, 2.05) is 20.8 Å². The summed E-state index contributed by atoms with van der Waals surface area (Å²) in [6.07, 6.45) is 0.591. The van der Waals surface area contributed by atoms with Crippen LogP contribution in [-0.2, 0) is 33.4 Å². The molecule has 0 aromatic carbocycles. The predicted octanol–water partition coefficient (Wildman–Crippen LogP) is 3.31. The highest BCUT2D eigenvalue weighted by Gasteiger charge is 2.63. The minimum absolute atomic E-state index is 0.0399. The van der Waals surface area contributed by atoms with Gasteiger partial charge < -0.3 is 19.3 Å². The molecule has 0 aromatic rings. The summed E-state index contributed by atoms with van der Waals surface area (Å²) in [4.78, 5) is 48.5. The van der Waals surface area contributed by atoms with Crippen molar-refractivity contribution in [3.63, 3.8) is 0 Å². The number of hydrogen-bond acceptors (Lipinski definition) is 8. The monoisotopic (exact) mass is 478 g/mol. The van der Waals surface area contributed by atoms with E-state index in [-0.39, 0.29) is 18.3 Å². The molecule has 6 atom stereocenters. The molecule has 0 spiro atoms. The highest BCUT2D eigenvalue weighted by Crippen LogP contribution is 2.61. The van der Waals surface area contributed by atoms with E-state index in [1.165, 1.54) is 20.8 Å². The van der Waals surface area contributed by atoms with Crippen molar-refractivity contribution in [3.05, 3.63) is 23.8 Å². The van der Waals surface area contributed by atoms with Crippen LogP contribution in [-0.4, -0.2) is 53.7 Å². The van der Waals surface area contributed by atoms with Gasteiger partial charge in [-0.25, -0.2) is 0 Å². The van der Waals surface area contributed by atoms with Gasteiger partial charge >= 0.3 is 17.9 Å². The second kappa shape index (κ2) is 10.4. The molecule has 1 N–H and O–H groups in total. The normalized spacial score (nSPS) is 31.8. The largest absolute Gasteiger partial charge is 0.462 e. The molecule has 8 heteroatoms. The summed E-state index contributed by atoms with van der Waals surface area (Å²) in [5, 5.41) is 10.8. The molecule has 2 saturated carbocycles. The van der Waals surface area contributed by atoms with E-state index in [1.54, 1.807) is 13.0 Å². The molecule has 2 fully saturated rings. The lowest BCUT2D eigenvalue weighted by molar-refractivity contribution is -0.178. The van der Waals surface area contributed by atoms with Crippen LogP contribution in [0.25, 0.3) is 0 Å². The van der Waals surface area contributed by atoms with Crippen molar-refractivity contribution in [2.24, 2.45) is 22.7 Å². The number of rotatable bonds is 7. The first-order valence-electron chi connectivity index (χ1n) is 11.7. The van der Waals surface area contributed by atoms with E-state index >= 15 is 0 Å². The van der Waals surface area contributed by atoms with Crippen molar-refractivity contribution >= 4 is 23.7 Å². The number of esters is 3. The lowest BCUT2D eigenvalue weighted by Gasteiger charge is -2.59. The van der Waals surface area contributed by atoms with Gasteiger partial charge in [-0.05, 0) is 54.7 Å². The molecule has 8 nitrogen and oxygen atoms in total. The molecule has 0 radical (unpaired) electrons. The molecule has 0 unspecified atom stereocenters. The Hall–Kier alpha value is -2.48. The molecule has 2 aliphatic rings. The predicted molar refractivity (Wildman–Crippen MR) is 124 cm³/mol. The van der Waals surface area contributed by atoms with Gasteiger partial charge in [-0.1, -0.05) is 27.4 Å². The van der Waals surface area contributed by atoms with Crippen molar-refractivity contribution in [2.45, 2.75) is 86.0 Å². The minimum atomic E-state index is -1.13. The van der Waals surface area contributed by atoms with Crippen LogP contribution in [0.15, 0.2) is 23.8 Å². The molecule has 0 bridgehead atoms. The molecule has 2 rings (SSSR count). The van der Waals surface area contributed by atoms with Crippen LogP contribution in [0.2, 0.25) is 0 Å². The van der Waals surface area contributed by atoms with Crippen molar-refractivity contribution in [3.8, 4) is 0 Å². The van der Waals surface area contributed by atoms with Crippen LogP contribution in [0.4, 0.5) is 0 Å². The van der Waals surface area contributed by atoms with Gasteiger partial charge in [0, 0.05) is 32.1 Å². The number of fused-ring (bicyclic) bond motifs is 1. The van der Waals surface area contributed by atoms with Crippen LogP contribution in [0.5, 0.6) is 0 Å². The number of ketones is 1. The van der Waals surface area contributed by atoms with E-state index < -0.39 is 53.0 Å². The average Bonchev–Trinajstić information content (AvgIpc) is 2.69. The standard InChI is InChI=1S/C26H38O8/c1-14(10-12-32-16(3)27)20(33-17(4)28)13-19-15(2)23(34-18(5)29)22(31)24-25(6,7)21(30)9-11-26(19,24)8/h10,19-21,23-24,30H,2,9,11-13H2,1,3-8H3/b14-10+/t19-,20+,21+,23+,24+,26-/m1/s1. The summed E-state index contributed by atoms with van der Waals surface area (Å²) in [7, 11) is 0. The zero-order chi connectivity index (χ0) is 26.0. The molecule has 34 heavy (non-hydrogen) atoms. The summed E-state index contributed by atoms with van der Waals surface area (Å²) in [5.41, 5.74) is -0.183. The van der Waals surface area contributed by atoms with Gasteiger partial charge in [-0.3, -0.25) is 19.2 Å². The number of Topliss-reactive ketones (excluding diaryl/α,β-unsaturated/α-hetero) is 1. The third-order valence-corrected chi connectivity index (χ3v) is 7.58. The zero-order valence-corrected chi connectivity index (χ0v) is 21.3. The average molecular weight is 479 g/mol. The fraction of sp³-hybridized carbons (Fsp3) is 0.692. The van der Waals surface area contributed by atoms with E-state index in [0.717, 1.165) is 0 Å². The summed E-state index contributed by atoms with van der Waals surface area (Å²) >= 11 is 0. The molecule has 0 amide bonds. The molecular formula is C26H38O8. The quantitative estimate of drug-likeness (QED) is 0.337. The van der Waals surface area contributed by atoms with Gasteiger partial charge in [0.05, 0.1) is 6.10 Å². The van der Waals surface area contributed by atoms with Crippen molar-refractivity contribution in [2.75, 3.05) is 6.61 Å². The van der Waals surface area contributed by atoms with E-state index in [2.05, 4.69) is 6.58 Å². The van der Waals surface area contributed by atoms with Crippen molar-refractivity contribution < 1.29 is 38.5 Å². The highest BCUT2D eigenvalue weighted by atomic mass is 16.6. The molecular weight excluding hydrogens is 440 g/mol. The smallest absolute Gasteiger partial charge is 0.303 e. The number of hydrogen-bond donors (Lipinski definition) is 1. The number of carbonyl (C=O) groups is 4. The minimum Gasteiger partial charge on any atom is -0.462 e. The SMILES string of the molecule is C=C1[C@H](OC(C)=O)C(=O)[C@H]2C(C)(C)[C@@H](O)CC[C@]2(C)[C@@H]1C[C@H](OC(C)=O)/C(C)=C/COC(C)=O. The second-order valence-corrected chi connectivity index (χ2v) is 10.4. The Morgan fingerprint density at radius 3 is 2.26 bits per heavy atom. The Balaban J connectivity index is 2.52. The van der Waals surface area contributed by atoms with Crippen LogP contribution in [0.1, 0.15) is 67.7 Å². The topological polar surface area (TPSA) is 116 Å². The summed E-state index contributed by atoms with van der Waals surface area (Å²) in [6, 6.07) is 0. The van der Waals surface area contributed by atoms with Gasteiger partial charge in [0.2, 0.25) is 0 Å². The third kappa shape index (κ3) is 5.59. The Morgan fingerprint density at radius 2 is 1.74 bits per heavy atom. The Kier molecular flexibility index (Phi) is 8.51. The molecule has 190 valence electrons. The highest BCUT2D eigenvalue weighted by molar-refractivity contribution is 5.93. The summed E-state index contributed by atoms with van der Waals surface area (Å²) in [6.45, 7) is 15.6. The second-order valence-electron chi connectivity index (χ2n) is 10.4. The van der Waals surface area contributed by atoms with Crippen LogP contribution >= 0.6 is 0 Å². The maximum Gasteiger partial charge on any atom is 0.303 e. The number of aliphatic hydroxyl groups is 1. The molecule has 0 heterocycles. The van der Waals surface area contributed by atoms with Gasteiger partial charge in [0.1, 0.15) is 12.7 Å².